The fourth-order valence-electron chi connectivity index (χ4n) is 2.58. The smallest absolute Gasteiger partial charge is 0.252 e. The van der Waals surface area contributed by atoms with Crippen LogP contribution in [-0.4, -0.2) is 43.8 Å². The summed E-state index contributed by atoms with van der Waals surface area (Å²) in [5.74, 6) is -1.69. The molecule has 0 amide bonds. The van der Waals surface area contributed by atoms with Gasteiger partial charge in [-0.25, -0.2) is 17.2 Å². The zero-order valence-electron chi connectivity index (χ0n) is 12.3. The number of rotatable bonds is 4. The lowest BCUT2D eigenvalue weighted by Crippen LogP contribution is -2.48. The van der Waals surface area contributed by atoms with Crippen molar-refractivity contribution in [2.45, 2.75) is 10.8 Å². The molecule has 0 aliphatic carbocycles. The molecule has 1 saturated heterocycles. The molecule has 1 aliphatic rings. The van der Waals surface area contributed by atoms with E-state index in [1.165, 1.54) is 21.7 Å². The first-order chi connectivity index (χ1) is 11.0. The van der Waals surface area contributed by atoms with Crippen molar-refractivity contribution in [2.24, 2.45) is 0 Å². The number of thiophene rings is 1. The monoisotopic (exact) mass is 358 g/mol. The average Bonchev–Trinajstić information content (AvgIpc) is 3.08. The Morgan fingerprint density at radius 1 is 1.04 bits per heavy atom. The number of halogens is 2. The van der Waals surface area contributed by atoms with E-state index in [2.05, 4.69) is 0 Å². The maximum absolute atomic E-state index is 13.7. The summed E-state index contributed by atoms with van der Waals surface area (Å²) in [7, 11) is -3.44. The van der Waals surface area contributed by atoms with Gasteiger partial charge in [0.2, 0.25) is 0 Å². The van der Waals surface area contributed by atoms with Gasteiger partial charge in [0.1, 0.15) is 4.21 Å². The normalized spacial score (nSPS) is 17.5. The fourth-order valence-corrected chi connectivity index (χ4v) is 5.14. The predicted octanol–water partition coefficient (Wildman–Crippen LogP) is 2.53. The summed E-state index contributed by atoms with van der Waals surface area (Å²) in [5.41, 5.74) is 0.291. The number of hydrogen-bond acceptors (Lipinski definition) is 4. The van der Waals surface area contributed by atoms with Crippen LogP contribution in [-0.2, 0) is 16.6 Å². The lowest BCUT2D eigenvalue weighted by atomic mass is 10.2. The second-order valence-electron chi connectivity index (χ2n) is 5.33. The Morgan fingerprint density at radius 2 is 1.78 bits per heavy atom. The minimum atomic E-state index is -3.44. The van der Waals surface area contributed by atoms with E-state index in [-0.39, 0.29) is 6.54 Å². The quantitative estimate of drug-likeness (QED) is 0.843. The van der Waals surface area contributed by atoms with Crippen molar-refractivity contribution in [1.29, 1.82) is 0 Å². The predicted molar refractivity (Wildman–Crippen MR) is 84.7 cm³/mol. The minimum absolute atomic E-state index is 0.274. The highest BCUT2D eigenvalue weighted by atomic mass is 32.2. The van der Waals surface area contributed by atoms with E-state index in [1.807, 2.05) is 4.90 Å². The number of sulfonamides is 1. The Hall–Kier alpha value is -1.35. The summed E-state index contributed by atoms with van der Waals surface area (Å²) in [6, 6.07) is 7.41. The molecule has 1 aromatic carbocycles. The Bertz CT molecular complexity index is 771. The highest BCUT2D eigenvalue weighted by Gasteiger charge is 2.29. The first kappa shape index (κ1) is 16.5. The summed E-state index contributed by atoms with van der Waals surface area (Å²) in [6.07, 6.45) is 0. The highest BCUT2D eigenvalue weighted by Crippen LogP contribution is 2.22. The number of benzene rings is 1. The number of nitrogens with zero attached hydrogens (tertiary/aromatic N) is 2. The molecule has 1 fully saturated rings. The molecule has 1 aromatic heterocycles. The zero-order chi connectivity index (χ0) is 16.4. The summed E-state index contributed by atoms with van der Waals surface area (Å²) in [6.45, 7) is 1.94. The molecule has 2 heterocycles. The molecule has 124 valence electrons. The van der Waals surface area contributed by atoms with Gasteiger partial charge in [-0.2, -0.15) is 4.31 Å². The van der Waals surface area contributed by atoms with Crippen LogP contribution in [0.1, 0.15) is 5.56 Å². The Morgan fingerprint density at radius 3 is 2.43 bits per heavy atom. The van der Waals surface area contributed by atoms with Crippen molar-refractivity contribution in [1.82, 2.24) is 9.21 Å². The summed E-state index contributed by atoms with van der Waals surface area (Å²) in [4.78, 5) is 1.93. The molecule has 2 aromatic rings. The SMILES string of the molecule is O=S(=O)(c1cccs1)N1CCN(Cc2cccc(F)c2F)CC1. The van der Waals surface area contributed by atoms with Crippen LogP contribution in [0.2, 0.25) is 0 Å². The molecule has 1 aliphatic heterocycles. The van der Waals surface area contributed by atoms with Crippen LogP contribution in [0.25, 0.3) is 0 Å². The van der Waals surface area contributed by atoms with E-state index >= 15 is 0 Å². The molecule has 0 unspecified atom stereocenters. The molecule has 0 N–H and O–H groups in total. The molecule has 0 radical (unpaired) electrons. The Labute approximate surface area is 138 Å². The van der Waals surface area contributed by atoms with Crippen molar-refractivity contribution < 1.29 is 17.2 Å². The third-order valence-electron chi connectivity index (χ3n) is 3.85. The molecule has 0 spiro atoms. The molecule has 8 heteroatoms. The van der Waals surface area contributed by atoms with Crippen LogP contribution < -0.4 is 0 Å². The summed E-state index contributed by atoms with van der Waals surface area (Å²) in [5, 5.41) is 1.73. The van der Waals surface area contributed by atoms with Crippen LogP contribution in [0.4, 0.5) is 8.78 Å². The van der Waals surface area contributed by atoms with Gasteiger partial charge in [0, 0.05) is 38.3 Å². The molecule has 4 nitrogen and oxygen atoms in total. The average molecular weight is 358 g/mol. The van der Waals surface area contributed by atoms with E-state index in [1.54, 1.807) is 23.6 Å². The van der Waals surface area contributed by atoms with Crippen molar-refractivity contribution in [3.05, 3.63) is 52.9 Å². The second kappa shape index (κ2) is 6.64. The Balaban J connectivity index is 1.64. The van der Waals surface area contributed by atoms with Gasteiger partial charge >= 0.3 is 0 Å². The summed E-state index contributed by atoms with van der Waals surface area (Å²) >= 11 is 1.20. The van der Waals surface area contributed by atoms with E-state index < -0.39 is 21.7 Å². The molecule has 0 bridgehead atoms. The van der Waals surface area contributed by atoms with Gasteiger partial charge in [0.15, 0.2) is 11.6 Å². The molecular weight excluding hydrogens is 342 g/mol. The van der Waals surface area contributed by atoms with Crippen LogP contribution in [0, 0.1) is 11.6 Å². The van der Waals surface area contributed by atoms with Gasteiger partial charge < -0.3 is 0 Å². The van der Waals surface area contributed by atoms with Gasteiger partial charge in [-0.05, 0) is 17.5 Å². The van der Waals surface area contributed by atoms with Gasteiger partial charge in [-0.1, -0.05) is 18.2 Å². The molecule has 0 atom stereocenters. The first-order valence-corrected chi connectivity index (χ1v) is 9.49. The van der Waals surface area contributed by atoms with Gasteiger partial charge in [-0.15, -0.1) is 11.3 Å². The zero-order valence-corrected chi connectivity index (χ0v) is 13.9. The van der Waals surface area contributed by atoms with Crippen molar-refractivity contribution in [3.63, 3.8) is 0 Å². The van der Waals surface area contributed by atoms with E-state index in [0.29, 0.717) is 36.0 Å². The van der Waals surface area contributed by atoms with Gasteiger partial charge in [-0.3, -0.25) is 4.90 Å². The van der Waals surface area contributed by atoms with Crippen molar-refractivity contribution >= 4 is 21.4 Å². The number of piperazine rings is 1. The van der Waals surface area contributed by atoms with Crippen molar-refractivity contribution in [3.8, 4) is 0 Å². The van der Waals surface area contributed by atoms with Crippen LogP contribution in [0.3, 0.4) is 0 Å². The first-order valence-electron chi connectivity index (χ1n) is 7.17. The van der Waals surface area contributed by atoms with Gasteiger partial charge in [0.05, 0.1) is 0 Å². The van der Waals surface area contributed by atoms with Gasteiger partial charge in [0.25, 0.3) is 10.0 Å². The van der Waals surface area contributed by atoms with Crippen molar-refractivity contribution in [2.75, 3.05) is 26.2 Å². The maximum Gasteiger partial charge on any atom is 0.252 e. The highest BCUT2D eigenvalue weighted by molar-refractivity contribution is 7.91. The second-order valence-corrected chi connectivity index (χ2v) is 8.44. The van der Waals surface area contributed by atoms with Crippen LogP contribution >= 0.6 is 11.3 Å². The number of hydrogen-bond donors (Lipinski definition) is 0. The largest absolute Gasteiger partial charge is 0.296 e. The van der Waals surface area contributed by atoms with Crippen LogP contribution in [0.15, 0.2) is 39.9 Å². The molecule has 0 saturated carbocycles. The third kappa shape index (κ3) is 3.45. The van der Waals surface area contributed by atoms with E-state index in [4.69, 9.17) is 0 Å². The lowest BCUT2D eigenvalue weighted by molar-refractivity contribution is 0.179. The maximum atomic E-state index is 13.7. The third-order valence-corrected chi connectivity index (χ3v) is 7.12. The molecule has 3 rings (SSSR count). The standard InChI is InChI=1S/C15H16F2N2O2S2/c16-13-4-1-3-12(15(13)17)11-18-6-8-19(9-7-18)23(20,21)14-5-2-10-22-14/h1-5,10H,6-9,11H2. The fraction of sp³-hybridized carbons (Fsp3) is 0.333. The Kier molecular flexibility index (Phi) is 4.77. The topological polar surface area (TPSA) is 40.6 Å². The van der Waals surface area contributed by atoms with Crippen LogP contribution in [0.5, 0.6) is 0 Å². The van der Waals surface area contributed by atoms with E-state index in [9.17, 15) is 17.2 Å². The minimum Gasteiger partial charge on any atom is -0.296 e. The molecular formula is C15H16F2N2O2S2. The molecule has 23 heavy (non-hydrogen) atoms. The summed E-state index contributed by atoms with van der Waals surface area (Å²) < 4.78 is 53.5. The lowest BCUT2D eigenvalue weighted by Gasteiger charge is -2.33. The van der Waals surface area contributed by atoms with E-state index in [0.717, 1.165) is 6.07 Å².